The topological polar surface area (TPSA) is 31.2 Å². The summed E-state index contributed by atoms with van der Waals surface area (Å²) in [6.07, 6.45) is 1.80. The summed E-state index contributed by atoms with van der Waals surface area (Å²) in [5.41, 5.74) is 3.01. The molecule has 3 heteroatoms. The predicted octanol–water partition coefficient (Wildman–Crippen LogP) is 3.25. The lowest BCUT2D eigenvalue weighted by atomic mass is 10.1. The number of hydrogen-bond acceptors (Lipinski definition) is 2. The maximum absolute atomic E-state index is 11.1. The molecule has 0 N–H and O–H groups in total. The fraction of sp³-hybridized carbons (Fsp3) is 0.312. The van der Waals surface area contributed by atoms with E-state index in [-0.39, 0.29) is 6.04 Å². The van der Waals surface area contributed by atoms with Crippen molar-refractivity contribution in [3.8, 4) is 0 Å². The summed E-state index contributed by atoms with van der Waals surface area (Å²) in [6.45, 7) is 2.64. The van der Waals surface area contributed by atoms with Gasteiger partial charge in [0.2, 0.25) is 0 Å². The fourth-order valence-corrected chi connectivity index (χ4v) is 2.45. The van der Waals surface area contributed by atoms with E-state index in [0.717, 1.165) is 18.4 Å². The molecule has 1 heterocycles. The summed E-state index contributed by atoms with van der Waals surface area (Å²) in [6, 6.07) is 14.3. The van der Waals surface area contributed by atoms with Crippen molar-refractivity contribution in [1.82, 2.24) is 4.57 Å². The normalized spacial score (nSPS) is 12.3. The van der Waals surface area contributed by atoms with E-state index in [0.29, 0.717) is 12.3 Å². The highest BCUT2D eigenvalue weighted by Gasteiger charge is 2.14. The fourth-order valence-electron chi connectivity index (χ4n) is 2.45. The molecule has 0 amide bonds. The van der Waals surface area contributed by atoms with Gasteiger partial charge in [0.15, 0.2) is 6.29 Å². The van der Waals surface area contributed by atoms with Crippen molar-refractivity contribution in [2.24, 2.45) is 0 Å². The van der Waals surface area contributed by atoms with E-state index in [1.165, 1.54) is 5.56 Å². The molecule has 0 aliphatic carbocycles. The Hall–Kier alpha value is -1.87. The zero-order chi connectivity index (χ0) is 13.7. The average molecular weight is 257 g/mol. The first-order valence-corrected chi connectivity index (χ1v) is 6.44. The van der Waals surface area contributed by atoms with Crippen LogP contribution in [-0.2, 0) is 17.8 Å². The van der Waals surface area contributed by atoms with Gasteiger partial charge in [0.05, 0.1) is 12.3 Å². The van der Waals surface area contributed by atoms with Crippen LogP contribution in [0.3, 0.4) is 0 Å². The maximum atomic E-state index is 11.1. The Balaban J connectivity index is 2.24. The minimum Gasteiger partial charge on any atom is -0.378 e. The quantitative estimate of drug-likeness (QED) is 0.744. The number of carbonyl (C=O) groups excluding carboxylic acids is 1. The SMILES string of the molecule is COCc1ccc(C=O)n1C(C)Cc1ccccc1. The lowest BCUT2D eigenvalue weighted by Crippen LogP contribution is -2.14. The molecule has 1 aromatic heterocycles. The predicted molar refractivity (Wildman–Crippen MR) is 75.4 cm³/mol. The van der Waals surface area contributed by atoms with Gasteiger partial charge >= 0.3 is 0 Å². The highest BCUT2D eigenvalue weighted by Crippen LogP contribution is 2.20. The molecule has 0 radical (unpaired) electrons. The summed E-state index contributed by atoms with van der Waals surface area (Å²) in [5.74, 6) is 0. The molecule has 1 unspecified atom stereocenters. The maximum Gasteiger partial charge on any atom is 0.166 e. The Kier molecular flexibility index (Phi) is 4.53. The third kappa shape index (κ3) is 3.12. The van der Waals surface area contributed by atoms with Crippen molar-refractivity contribution in [2.75, 3.05) is 7.11 Å². The molecule has 0 aliphatic rings. The first-order chi connectivity index (χ1) is 9.26. The van der Waals surface area contributed by atoms with Crippen LogP contribution in [0.5, 0.6) is 0 Å². The van der Waals surface area contributed by atoms with E-state index in [1.807, 2.05) is 30.3 Å². The highest BCUT2D eigenvalue weighted by atomic mass is 16.5. The van der Waals surface area contributed by atoms with Gasteiger partial charge in [0.25, 0.3) is 0 Å². The zero-order valence-electron chi connectivity index (χ0n) is 11.4. The first kappa shape index (κ1) is 13.6. The summed E-state index contributed by atoms with van der Waals surface area (Å²) in [7, 11) is 1.67. The van der Waals surface area contributed by atoms with Crippen molar-refractivity contribution in [3.05, 3.63) is 59.4 Å². The summed E-state index contributed by atoms with van der Waals surface area (Å²) in [4.78, 5) is 11.1. The molecule has 0 fully saturated rings. The lowest BCUT2D eigenvalue weighted by molar-refractivity contribution is 0.111. The van der Waals surface area contributed by atoms with E-state index in [1.54, 1.807) is 7.11 Å². The molecule has 2 aromatic rings. The molecule has 0 spiro atoms. The van der Waals surface area contributed by atoms with Crippen molar-refractivity contribution in [3.63, 3.8) is 0 Å². The third-order valence-corrected chi connectivity index (χ3v) is 3.26. The molecule has 3 nitrogen and oxygen atoms in total. The van der Waals surface area contributed by atoms with E-state index in [9.17, 15) is 4.79 Å². The van der Waals surface area contributed by atoms with Gasteiger partial charge < -0.3 is 9.30 Å². The van der Waals surface area contributed by atoms with Crippen LogP contribution in [0.4, 0.5) is 0 Å². The van der Waals surface area contributed by atoms with Gasteiger partial charge in [-0.1, -0.05) is 30.3 Å². The van der Waals surface area contributed by atoms with Gasteiger partial charge in [-0.25, -0.2) is 0 Å². The first-order valence-electron chi connectivity index (χ1n) is 6.44. The van der Waals surface area contributed by atoms with Crippen LogP contribution in [0.25, 0.3) is 0 Å². The van der Waals surface area contributed by atoms with Crippen LogP contribution in [0, 0.1) is 0 Å². The number of rotatable bonds is 6. The molecule has 1 aromatic carbocycles. The molecule has 0 saturated heterocycles. The Morgan fingerprint density at radius 3 is 2.58 bits per heavy atom. The van der Waals surface area contributed by atoms with Crippen molar-refractivity contribution in [1.29, 1.82) is 0 Å². The number of aldehydes is 1. The van der Waals surface area contributed by atoms with Crippen molar-refractivity contribution >= 4 is 6.29 Å². The highest BCUT2D eigenvalue weighted by molar-refractivity contribution is 5.72. The summed E-state index contributed by atoms with van der Waals surface area (Å²) in [5, 5.41) is 0. The van der Waals surface area contributed by atoms with Crippen LogP contribution < -0.4 is 0 Å². The minimum atomic E-state index is 0.225. The number of ether oxygens (including phenoxy) is 1. The molecule has 100 valence electrons. The molecular weight excluding hydrogens is 238 g/mol. The van der Waals surface area contributed by atoms with Crippen LogP contribution in [0.15, 0.2) is 42.5 Å². The number of nitrogens with zero attached hydrogens (tertiary/aromatic N) is 1. The van der Waals surface area contributed by atoms with Gasteiger partial charge in [0, 0.05) is 18.8 Å². The summed E-state index contributed by atoms with van der Waals surface area (Å²) < 4.78 is 7.25. The number of aromatic nitrogens is 1. The van der Waals surface area contributed by atoms with E-state index in [2.05, 4.69) is 23.6 Å². The van der Waals surface area contributed by atoms with Gasteiger partial charge in [0.1, 0.15) is 0 Å². The smallest absolute Gasteiger partial charge is 0.166 e. The monoisotopic (exact) mass is 257 g/mol. The number of methoxy groups -OCH3 is 1. The van der Waals surface area contributed by atoms with Crippen LogP contribution in [-0.4, -0.2) is 18.0 Å². The average Bonchev–Trinajstić information content (AvgIpc) is 2.83. The molecule has 0 saturated carbocycles. The Morgan fingerprint density at radius 2 is 1.95 bits per heavy atom. The Morgan fingerprint density at radius 1 is 1.21 bits per heavy atom. The van der Waals surface area contributed by atoms with E-state index >= 15 is 0 Å². The van der Waals surface area contributed by atoms with E-state index < -0.39 is 0 Å². The summed E-state index contributed by atoms with van der Waals surface area (Å²) >= 11 is 0. The third-order valence-electron chi connectivity index (χ3n) is 3.26. The van der Waals surface area contributed by atoms with Gasteiger partial charge in [-0.2, -0.15) is 0 Å². The van der Waals surface area contributed by atoms with Gasteiger partial charge in [-0.05, 0) is 31.0 Å². The second kappa shape index (κ2) is 6.34. The second-order valence-corrected chi connectivity index (χ2v) is 4.71. The van der Waals surface area contributed by atoms with Crippen LogP contribution >= 0.6 is 0 Å². The van der Waals surface area contributed by atoms with Crippen LogP contribution in [0.2, 0.25) is 0 Å². The largest absolute Gasteiger partial charge is 0.378 e. The second-order valence-electron chi connectivity index (χ2n) is 4.71. The van der Waals surface area contributed by atoms with E-state index in [4.69, 9.17) is 4.74 Å². The van der Waals surface area contributed by atoms with Crippen molar-refractivity contribution < 1.29 is 9.53 Å². The number of hydrogen-bond donors (Lipinski definition) is 0. The van der Waals surface area contributed by atoms with Gasteiger partial charge in [-0.15, -0.1) is 0 Å². The zero-order valence-corrected chi connectivity index (χ0v) is 11.4. The standard InChI is InChI=1S/C16H19NO2/c1-13(10-14-6-4-3-5-7-14)17-15(11-18)8-9-16(17)12-19-2/h3-9,11,13H,10,12H2,1-2H3. The number of carbonyl (C=O) groups is 1. The molecule has 2 rings (SSSR count). The Labute approximate surface area is 113 Å². The molecule has 1 atom stereocenters. The molecule has 0 aliphatic heterocycles. The number of benzene rings is 1. The lowest BCUT2D eigenvalue weighted by Gasteiger charge is -2.19. The molecule has 19 heavy (non-hydrogen) atoms. The van der Waals surface area contributed by atoms with Crippen LogP contribution in [0.1, 0.15) is 34.7 Å². The molecular formula is C16H19NO2. The van der Waals surface area contributed by atoms with Crippen molar-refractivity contribution in [2.45, 2.75) is 26.0 Å². The Bertz CT molecular complexity index is 531. The molecule has 0 bridgehead atoms. The minimum absolute atomic E-state index is 0.225. The van der Waals surface area contributed by atoms with Gasteiger partial charge in [-0.3, -0.25) is 4.79 Å².